The van der Waals surface area contributed by atoms with Gasteiger partial charge in [0.15, 0.2) is 11.2 Å². The maximum absolute atomic E-state index is 6.26. The van der Waals surface area contributed by atoms with Crippen LogP contribution in [0.2, 0.25) is 0 Å². The molecule has 58 heavy (non-hydrogen) atoms. The molecule has 8 aromatic carbocycles. The Morgan fingerprint density at radius 3 is 1.34 bits per heavy atom. The third-order valence-corrected chi connectivity index (χ3v) is 12.6. The quantitative estimate of drug-likeness (QED) is 0.180. The second-order valence-corrected chi connectivity index (χ2v) is 16.1. The topological polar surface area (TPSA) is 52.1 Å². The first-order valence-corrected chi connectivity index (χ1v) is 19.9. The highest BCUT2D eigenvalue weighted by molar-refractivity contribution is 5.91. The molecule has 4 heteroatoms. The second kappa shape index (κ2) is 12.1. The molecule has 0 aliphatic heterocycles. The zero-order valence-electron chi connectivity index (χ0n) is 32.0. The number of benzene rings is 8. The number of fused-ring (bicyclic) bond motifs is 11. The Bertz CT molecular complexity index is 3070. The van der Waals surface area contributed by atoms with E-state index in [4.69, 9.17) is 18.8 Å². The van der Waals surface area contributed by atoms with Crippen LogP contribution < -0.4 is 0 Å². The number of para-hydroxylation sites is 4. The fourth-order valence-corrected chi connectivity index (χ4v) is 9.93. The van der Waals surface area contributed by atoms with E-state index in [1.54, 1.807) is 0 Å². The molecule has 2 aromatic heterocycles. The maximum atomic E-state index is 6.26. The molecule has 0 amide bonds. The Hall–Kier alpha value is -7.30. The molecule has 2 aliphatic rings. The van der Waals surface area contributed by atoms with Gasteiger partial charge in [0.1, 0.15) is 11.0 Å². The van der Waals surface area contributed by atoms with E-state index in [-0.39, 0.29) is 5.41 Å². The van der Waals surface area contributed by atoms with Crippen LogP contribution in [0.4, 0.5) is 0 Å². The van der Waals surface area contributed by atoms with E-state index in [2.05, 4.69) is 141 Å². The summed E-state index contributed by atoms with van der Waals surface area (Å²) < 4.78 is 12.5. The number of hydrogen-bond donors (Lipinski definition) is 0. The Morgan fingerprint density at radius 1 is 0.345 bits per heavy atom. The van der Waals surface area contributed by atoms with Gasteiger partial charge in [0.05, 0.1) is 5.41 Å². The van der Waals surface area contributed by atoms with Crippen molar-refractivity contribution < 1.29 is 8.83 Å². The van der Waals surface area contributed by atoms with Crippen LogP contribution >= 0.6 is 0 Å². The molecule has 4 nitrogen and oxygen atoms in total. The molecular formula is C54H36N2O2. The van der Waals surface area contributed by atoms with Crippen LogP contribution in [0.15, 0.2) is 191 Å². The van der Waals surface area contributed by atoms with Crippen molar-refractivity contribution in [2.75, 3.05) is 0 Å². The Morgan fingerprint density at radius 2 is 0.776 bits per heavy atom. The summed E-state index contributed by atoms with van der Waals surface area (Å²) >= 11 is 0. The van der Waals surface area contributed by atoms with Crippen molar-refractivity contribution in [1.29, 1.82) is 0 Å². The van der Waals surface area contributed by atoms with Gasteiger partial charge < -0.3 is 8.83 Å². The van der Waals surface area contributed by atoms with Crippen molar-refractivity contribution in [3.8, 4) is 56.3 Å². The first-order valence-electron chi connectivity index (χ1n) is 19.9. The third-order valence-electron chi connectivity index (χ3n) is 12.6. The summed E-state index contributed by atoms with van der Waals surface area (Å²) in [4.78, 5) is 9.68. The normalized spacial score (nSPS) is 14.3. The van der Waals surface area contributed by atoms with Gasteiger partial charge in [-0.2, -0.15) is 0 Å². The number of rotatable bonds is 4. The van der Waals surface area contributed by atoms with Crippen LogP contribution in [0, 0.1) is 0 Å². The fourth-order valence-electron chi connectivity index (χ4n) is 9.93. The van der Waals surface area contributed by atoms with Gasteiger partial charge in [0.25, 0.3) is 0 Å². The summed E-state index contributed by atoms with van der Waals surface area (Å²) in [5.41, 5.74) is 19.5. The largest absolute Gasteiger partial charge is 0.436 e. The zero-order chi connectivity index (χ0) is 38.6. The average molecular weight is 745 g/mol. The standard InChI is InChI=1S/C54H36N2O2/c1-53(2)43-15-5-7-17-45(43)54(46-18-8-6-16-44(46)53)41-14-4-3-13-39(41)40-32-35(27-28-42(40)54)33-23-25-34(26-24-33)36-29-37(51-55-47-19-9-11-21-49(47)57-51)31-38(30-36)52-56-48-20-10-12-22-50(48)58-52/h3-32H,1-2H3. The van der Waals surface area contributed by atoms with Gasteiger partial charge >= 0.3 is 0 Å². The maximum Gasteiger partial charge on any atom is 0.227 e. The molecule has 10 aromatic rings. The van der Waals surface area contributed by atoms with Gasteiger partial charge in [-0.25, -0.2) is 9.97 Å². The van der Waals surface area contributed by atoms with E-state index >= 15 is 0 Å². The molecule has 0 fully saturated rings. The van der Waals surface area contributed by atoms with Crippen LogP contribution in [0.1, 0.15) is 47.2 Å². The lowest BCUT2D eigenvalue weighted by Gasteiger charge is -2.46. The van der Waals surface area contributed by atoms with E-state index < -0.39 is 5.41 Å². The SMILES string of the molecule is CC1(C)c2ccccc2C2(c3ccccc3-c3cc(-c4ccc(-c5cc(-c6nc7ccccc7o6)cc(-c6nc7ccccc7o6)c5)cc4)ccc32)c2ccccc21. The second-order valence-electron chi connectivity index (χ2n) is 16.1. The zero-order valence-corrected chi connectivity index (χ0v) is 32.0. The van der Waals surface area contributed by atoms with E-state index in [0.29, 0.717) is 11.8 Å². The van der Waals surface area contributed by atoms with Crippen LogP contribution in [0.25, 0.3) is 78.5 Å². The van der Waals surface area contributed by atoms with Crippen molar-refractivity contribution in [1.82, 2.24) is 9.97 Å². The molecule has 0 radical (unpaired) electrons. The molecule has 0 bridgehead atoms. The van der Waals surface area contributed by atoms with Gasteiger partial charge in [-0.15, -0.1) is 0 Å². The summed E-state index contributed by atoms with van der Waals surface area (Å²) in [6, 6.07) is 65.2. The molecule has 274 valence electrons. The molecule has 0 N–H and O–H groups in total. The molecule has 0 saturated carbocycles. The van der Waals surface area contributed by atoms with Gasteiger partial charge in [-0.1, -0.05) is 147 Å². The number of oxazole rings is 2. The number of nitrogens with zero attached hydrogens (tertiary/aromatic N) is 2. The van der Waals surface area contributed by atoms with Crippen molar-refractivity contribution in [3.63, 3.8) is 0 Å². The third kappa shape index (κ3) is 4.63. The summed E-state index contributed by atoms with van der Waals surface area (Å²) in [6.07, 6.45) is 0. The van der Waals surface area contributed by atoms with Crippen LogP contribution in [0.3, 0.4) is 0 Å². The van der Waals surface area contributed by atoms with Gasteiger partial charge in [-0.3, -0.25) is 0 Å². The first kappa shape index (κ1) is 32.9. The van der Waals surface area contributed by atoms with Crippen LogP contribution in [-0.4, -0.2) is 9.97 Å². The minimum absolute atomic E-state index is 0.122. The molecule has 0 unspecified atom stereocenters. The molecule has 2 aliphatic carbocycles. The van der Waals surface area contributed by atoms with Crippen molar-refractivity contribution in [3.05, 3.63) is 215 Å². The van der Waals surface area contributed by atoms with Gasteiger partial charge in [0, 0.05) is 16.5 Å². The van der Waals surface area contributed by atoms with Gasteiger partial charge in [-0.05, 0) is 115 Å². The van der Waals surface area contributed by atoms with Crippen LogP contribution in [0.5, 0.6) is 0 Å². The summed E-state index contributed by atoms with van der Waals surface area (Å²) in [6.45, 7) is 4.74. The minimum atomic E-state index is -0.400. The Kier molecular flexibility index (Phi) is 6.86. The molecule has 12 rings (SSSR count). The summed E-state index contributed by atoms with van der Waals surface area (Å²) in [5.74, 6) is 1.11. The number of aromatic nitrogens is 2. The predicted octanol–water partition coefficient (Wildman–Crippen LogP) is 13.6. The summed E-state index contributed by atoms with van der Waals surface area (Å²) in [7, 11) is 0. The Labute approximate surface area is 336 Å². The smallest absolute Gasteiger partial charge is 0.227 e. The highest BCUT2D eigenvalue weighted by Crippen LogP contribution is 2.62. The van der Waals surface area contributed by atoms with Crippen molar-refractivity contribution in [2.24, 2.45) is 0 Å². The first-order chi connectivity index (χ1) is 28.5. The van der Waals surface area contributed by atoms with Crippen molar-refractivity contribution in [2.45, 2.75) is 24.7 Å². The average Bonchev–Trinajstić information content (AvgIpc) is 3.99. The molecular weight excluding hydrogens is 709 g/mol. The molecule has 0 atom stereocenters. The van der Waals surface area contributed by atoms with E-state index in [0.717, 1.165) is 50.0 Å². The number of hydrogen-bond acceptors (Lipinski definition) is 4. The lowest BCUT2D eigenvalue weighted by Crippen LogP contribution is -2.40. The molecule has 0 saturated heterocycles. The van der Waals surface area contributed by atoms with E-state index in [1.165, 1.54) is 50.1 Å². The lowest BCUT2D eigenvalue weighted by molar-refractivity contribution is 0.563. The highest BCUT2D eigenvalue weighted by atomic mass is 16.4. The van der Waals surface area contributed by atoms with E-state index in [1.807, 2.05) is 54.6 Å². The highest BCUT2D eigenvalue weighted by Gasteiger charge is 2.53. The lowest BCUT2D eigenvalue weighted by atomic mass is 9.55. The van der Waals surface area contributed by atoms with Gasteiger partial charge in [0.2, 0.25) is 11.8 Å². The van der Waals surface area contributed by atoms with E-state index in [9.17, 15) is 0 Å². The molecule has 1 spiro atoms. The summed E-state index contributed by atoms with van der Waals surface area (Å²) in [5, 5.41) is 0. The minimum Gasteiger partial charge on any atom is -0.436 e. The molecule has 2 heterocycles. The van der Waals surface area contributed by atoms with Crippen molar-refractivity contribution >= 4 is 22.2 Å². The predicted molar refractivity (Wildman–Crippen MR) is 233 cm³/mol. The van der Waals surface area contributed by atoms with Crippen LogP contribution in [-0.2, 0) is 10.8 Å². The monoisotopic (exact) mass is 744 g/mol. The Balaban J connectivity index is 0.979. The fraction of sp³-hybridized carbons (Fsp3) is 0.0741.